The average molecular weight is 288 g/mol. The second-order valence-corrected chi connectivity index (χ2v) is 4.53. The monoisotopic (exact) mass is 288 g/mol. The number of ether oxygens (including phenoxy) is 1. The maximum atomic E-state index is 11.9. The van der Waals surface area contributed by atoms with Gasteiger partial charge >= 0.3 is 11.9 Å². The van der Waals surface area contributed by atoms with Crippen LogP contribution in [-0.2, 0) is 6.16 Å². The lowest BCUT2D eigenvalue weighted by Gasteiger charge is -2.05. The summed E-state index contributed by atoms with van der Waals surface area (Å²) in [6.07, 6.45) is 0.825. The maximum Gasteiger partial charge on any atom is 0.343 e. The highest BCUT2D eigenvalue weighted by atomic mass is 31.0. The largest absolute Gasteiger partial charge is 0.478 e. The van der Waals surface area contributed by atoms with Crippen LogP contribution in [0.3, 0.4) is 0 Å². The molecule has 0 radical (unpaired) electrons. The van der Waals surface area contributed by atoms with Crippen LogP contribution in [-0.4, -0.2) is 17.0 Å². The molecule has 0 saturated carbocycles. The first-order valence-corrected chi connectivity index (χ1v) is 6.76. The first kappa shape index (κ1) is 14.2. The van der Waals surface area contributed by atoms with Gasteiger partial charge in [0.05, 0.1) is 11.1 Å². The van der Waals surface area contributed by atoms with Gasteiger partial charge in [-0.3, -0.25) is 0 Å². The van der Waals surface area contributed by atoms with Crippen LogP contribution in [0.2, 0.25) is 0 Å². The molecule has 0 amide bonds. The third kappa shape index (κ3) is 3.43. The molecule has 20 heavy (non-hydrogen) atoms. The minimum absolute atomic E-state index is 0.148. The van der Waals surface area contributed by atoms with Crippen molar-refractivity contribution in [3.05, 3.63) is 65.2 Å². The molecule has 1 atom stereocenters. The number of esters is 1. The van der Waals surface area contributed by atoms with Gasteiger partial charge in [-0.15, -0.1) is 9.24 Å². The Labute approximate surface area is 118 Å². The van der Waals surface area contributed by atoms with Gasteiger partial charge in [0.25, 0.3) is 0 Å². The van der Waals surface area contributed by atoms with Crippen LogP contribution in [0, 0.1) is 0 Å². The Morgan fingerprint density at radius 1 is 0.950 bits per heavy atom. The van der Waals surface area contributed by atoms with Crippen LogP contribution in [0.1, 0.15) is 26.3 Å². The van der Waals surface area contributed by atoms with Crippen molar-refractivity contribution in [2.45, 2.75) is 6.16 Å². The molecule has 2 aromatic carbocycles. The molecule has 4 nitrogen and oxygen atoms in total. The van der Waals surface area contributed by atoms with Gasteiger partial charge in [0.15, 0.2) is 0 Å². The highest BCUT2D eigenvalue weighted by Gasteiger charge is 2.09. The van der Waals surface area contributed by atoms with Crippen LogP contribution in [0.5, 0.6) is 5.75 Å². The van der Waals surface area contributed by atoms with Gasteiger partial charge in [-0.05, 0) is 48.1 Å². The van der Waals surface area contributed by atoms with E-state index in [1.807, 2.05) is 12.1 Å². The van der Waals surface area contributed by atoms with Crippen LogP contribution in [0.4, 0.5) is 0 Å². The number of benzene rings is 2. The first-order valence-electron chi connectivity index (χ1n) is 5.94. The fourth-order valence-electron chi connectivity index (χ4n) is 1.61. The zero-order chi connectivity index (χ0) is 14.5. The van der Waals surface area contributed by atoms with Crippen LogP contribution < -0.4 is 4.74 Å². The normalized spacial score (nSPS) is 10.1. The van der Waals surface area contributed by atoms with E-state index >= 15 is 0 Å². The second-order valence-electron chi connectivity index (χ2n) is 4.12. The Morgan fingerprint density at radius 2 is 1.50 bits per heavy atom. The fraction of sp³-hybridized carbons (Fsp3) is 0.0667. The third-order valence-corrected chi connectivity index (χ3v) is 3.21. The average Bonchev–Trinajstić information content (AvgIpc) is 2.48. The summed E-state index contributed by atoms with van der Waals surface area (Å²) in [4.78, 5) is 22.6. The van der Waals surface area contributed by atoms with E-state index in [2.05, 4.69) is 9.24 Å². The lowest BCUT2D eigenvalue weighted by Crippen LogP contribution is -2.08. The Balaban J connectivity index is 2.08. The summed E-state index contributed by atoms with van der Waals surface area (Å²) in [5.74, 6) is -1.17. The number of hydrogen-bond donors (Lipinski definition) is 1. The van der Waals surface area contributed by atoms with Crippen molar-refractivity contribution < 1.29 is 19.4 Å². The maximum absolute atomic E-state index is 11.9. The van der Waals surface area contributed by atoms with Gasteiger partial charge in [0.2, 0.25) is 0 Å². The van der Waals surface area contributed by atoms with E-state index < -0.39 is 11.9 Å². The molecule has 0 aliphatic carbocycles. The molecule has 2 aromatic rings. The molecule has 0 aliphatic heterocycles. The lowest BCUT2D eigenvalue weighted by molar-refractivity contribution is 0.0696. The zero-order valence-corrected chi connectivity index (χ0v) is 11.7. The van der Waals surface area contributed by atoms with E-state index in [1.165, 1.54) is 24.3 Å². The van der Waals surface area contributed by atoms with Gasteiger partial charge in [-0.1, -0.05) is 12.1 Å². The van der Waals surface area contributed by atoms with Crippen LogP contribution in [0.15, 0.2) is 48.5 Å². The van der Waals surface area contributed by atoms with Crippen molar-refractivity contribution in [3.8, 4) is 5.75 Å². The molecule has 0 fully saturated rings. The number of carboxylic acids is 1. The van der Waals surface area contributed by atoms with Crippen molar-refractivity contribution in [2.75, 3.05) is 0 Å². The summed E-state index contributed by atoms with van der Waals surface area (Å²) in [5.41, 5.74) is 1.71. The van der Waals surface area contributed by atoms with E-state index in [4.69, 9.17) is 9.84 Å². The molecule has 0 heterocycles. The van der Waals surface area contributed by atoms with Crippen molar-refractivity contribution in [2.24, 2.45) is 0 Å². The summed E-state index contributed by atoms with van der Waals surface area (Å²) in [7, 11) is 2.61. The molecule has 5 heteroatoms. The molecule has 102 valence electrons. The molecule has 0 saturated heterocycles. The summed E-state index contributed by atoms with van der Waals surface area (Å²) in [5, 5.41) is 8.78. The Morgan fingerprint density at radius 3 is 2.00 bits per heavy atom. The summed E-state index contributed by atoms with van der Waals surface area (Å²) in [6, 6.07) is 12.8. The predicted octanol–water partition coefficient (Wildman–Crippen LogP) is 2.98. The predicted molar refractivity (Wildman–Crippen MR) is 78.2 cm³/mol. The van der Waals surface area contributed by atoms with Gasteiger partial charge in [0.1, 0.15) is 5.75 Å². The Hall–Kier alpha value is -2.19. The van der Waals surface area contributed by atoms with E-state index in [9.17, 15) is 9.59 Å². The highest BCUT2D eigenvalue weighted by molar-refractivity contribution is 7.15. The van der Waals surface area contributed by atoms with Crippen molar-refractivity contribution >= 4 is 21.2 Å². The minimum atomic E-state index is -1.02. The van der Waals surface area contributed by atoms with E-state index in [-0.39, 0.29) is 5.56 Å². The quantitative estimate of drug-likeness (QED) is 0.533. The third-order valence-electron chi connectivity index (χ3n) is 2.74. The van der Waals surface area contributed by atoms with Gasteiger partial charge in [-0.25, -0.2) is 9.59 Å². The minimum Gasteiger partial charge on any atom is -0.478 e. The fourth-order valence-corrected chi connectivity index (χ4v) is 1.88. The number of carbonyl (C=O) groups excluding carboxylic acids is 1. The van der Waals surface area contributed by atoms with Gasteiger partial charge < -0.3 is 9.84 Å². The molecule has 2 rings (SSSR count). The molecule has 0 aromatic heterocycles. The van der Waals surface area contributed by atoms with Gasteiger partial charge in [-0.2, -0.15) is 0 Å². The molecular weight excluding hydrogens is 275 g/mol. The molecule has 0 bridgehead atoms. The van der Waals surface area contributed by atoms with Gasteiger partial charge in [0, 0.05) is 0 Å². The number of hydrogen-bond acceptors (Lipinski definition) is 3. The van der Waals surface area contributed by atoms with E-state index in [0.717, 1.165) is 11.7 Å². The molecular formula is C15H13O4P. The second kappa shape index (κ2) is 6.31. The van der Waals surface area contributed by atoms with Crippen molar-refractivity contribution in [3.63, 3.8) is 0 Å². The highest BCUT2D eigenvalue weighted by Crippen LogP contribution is 2.15. The molecule has 0 spiro atoms. The number of aromatic carboxylic acids is 1. The standard InChI is InChI=1S/C15H13O4P/c16-14(17)11-5-7-13(8-6-11)19-15(18)12-3-1-10(9-20)2-4-12/h1-8H,9,20H2,(H,16,17). The Bertz CT molecular complexity index is 617. The smallest absolute Gasteiger partial charge is 0.343 e. The summed E-state index contributed by atoms with van der Waals surface area (Å²) >= 11 is 0. The molecule has 1 unspecified atom stereocenters. The summed E-state index contributed by atoms with van der Waals surface area (Å²) < 4.78 is 5.17. The number of carboxylic acid groups (broad SMARTS) is 1. The van der Waals surface area contributed by atoms with Crippen LogP contribution >= 0.6 is 9.24 Å². The van der Waals surface area contributed by atoms with Crippen molar-refractivity contribution in [1.29, 1.82) is 0 Å². The SMILES string of the molecule is O=C(O)c1ccc(OC(=O)c2ccc(CP)cc2)cc1. The van der Waals surface area contributed by atoms with Crippen LogP contribution in [0.25, 0.3) is 0 Å². The Kier molecular flexibility index (Phi) is 4.49. The topological polar surface area (TPSA) is 63.6 Å². The van der Waals surface area contributed by atoms with Crippen molar-refractivity contribution in [1.82, 2.24) is 0 Å². The number of rotatable bonds is 4. The van der Waals surface area contributed by atoms with E-state index in [1.54, 1.807) is 12.1 Å². The lowest BCUT2D eigenvalue weighted by atomic mass is 10.1. The number of carbonyl (C=O) groups is 2. The first-order chi connectivity index (χ1) is 9.60. The van der Waals surface area contributed by atoms with E-state index in [0.29, 0.717) is 11.3 Å². The summed E-state index contributed by atoms with van der Waals surface area (Å²) in [6.45, 7) is 0. The zero-order valence-electron chi connectivity index (χ0n) is 10.6. The molecule has 0 aliphatic rings. The molecule has 1 N–H and O–H groups in total.